The highest BCUT2D eigenvalue weighted by Gasteiger charge is 2.38. The SMILES string of the molecule is COC(=O)C1CNC(=O)CN1CC1(C)CCNC1. The van der Waals surface area contributed by atoms with Gasteiger partial charge in [0, 0.05) is 19.6 Å². The Hall–Kier alpha value is -1.14. The van der Waals surface area contributed by atoms with Gasteiger partial charge in [-0.15, -0.1) is 0 Å². The topological polar surface area (TPSA) is 70.7 Å². The summed E-state index contributed by atoms with van der Waals surface area (Å²) >= 11 is 0. The van der Waals surface area contributed by atoms with Crippen molar-refractivity contribution < 1.29 is 14.3 Å². The number of ether oxygens (including phenoxy) is 1. The van der Waals surface area contributed by atoms with Crippen molar-refractivity contribution in [1.82, 2.24) is 15.5 Å². The molecule has 2 fully saturated rings. The molecule has 2 heterocycles. The zero-order chi connectivity index (χ0) is 13.2. The molecule has 2 rings (SSSR count). The van der Waals surface area contributed by atoms with Crippen LogP contribution < -0.4 is 10.6 Å². The van der Waals surface area contributed by atoms with Crippen LogP contribution in [0.3, 0.4) is 0 Å². The molecule has 2 atom stereocenters. The fourth-order valence-corrected chi connectivity index (χ4v) is 2.72. The summed E-state index contributed by atoms with van der Waals surface area (Å²) in [5.74, 6) is -0.297. The Balaban J connectivity index is 2.05. The lowest BCUT2D eigenvalue weighted by Gasteiger charge is -2.38. The van der Waals surface area contributed by atoms with E-state index in [2.05, 4.69) is 17.6 Å². The van der Waals surface area contributed by atoms with E-state index in [0.29, 0.717) is 6.54 Å². The lowest BCUT2D eigenvalue weighted by Crippen LogP contribution is -2.59. The third kappa shape index (κ3) is 2.81. The number of nitrogens with one attached hydrogen (secondary N) is 2. The highest BCUT2D eigenvalue weighted by Crippen LogP contribution is 2.27. The number of rotatable bonds is 3. The van der Waals surface area contributed by atoms with Gasteiger partial charge in [0.05, 0.1) is 13.7 Å². The van der Waals surface area contributed by atoms with E-state index in [9.17, 15) is 9.59 Å². The maximum Gasteiger partial charge on any atom is 0.324 e. The van der Waals surface area contributed by atoms with Crippen molar-refractivity contribution in [2.24, 2.45) is 5.41 Å². The minimum absolute atomic E-state index is 0.0234. The third-order valence-corrected chi connectivity index (χ3v) is 3.80. The highest BCUT2D eigenvalue weighted by atomic mass is 16.5. The second-order valence-corrected chi connectivity index (χ2v) is 5.49. The molecular formula is C12H21N3O3. The lowest BCUT2D eigenvalue weighted by atomic mass is 9.88. The number of methoxy groups -OCH3 is 1. The molecule has 0 spiro atoms. The van der Waals surface area contributed by atoms with Crippen LogP contribution in [0.4, 0.5) is 0 Å². The smallest absolute Gasteiger partial charge is 0.324 e. The monoisotopic (exact) mass is 255 g/mol. The van der Waals surface area contributed by atoms with Gasteiger partial charge in [0.1, 0.15) is 6.04 Å². The minimum Gasteiger partial charge on any atom is -0.468 e. The first-order valence-corrected chi connectivity index (χ1v) is 6.33. The van der Waals surface area contributed by atoms with E-state index >= 15 is 0 Å². The molecule has 2 unspecified atom stereocenters. The second kappa shape index (κ2) is 5.24. The Bertz CT molecular complexity index is 339. The summed E-state index contributed by atoms with van der Waals surface area (Å²) in [5.41, 5.74) is 0.129. The molecule has 0 bridgehead atoms. The summed E-state index contributed by atoms with van der Waals surface area (Å²) in [6, 6.07) is -0.356. The van der Waals surface area contributed by atoms with Crippen molar-refractivity contribution in [3.05, 3.63) is 0 Å². The van der Waals surface area contributed by atoms with Crippen molar-refractivity contribution in [3.8, 4) is 0 Å². The maximum atomic E-state index is 11.7. The lowest BCUT2D eigenvalue weighted by molar-refractivity contribution is -0.150. The van der Waals surface area contributed by atoms with Gasteiger partial charge in [0.2, 0.25) is 5.91 Å². The van der Waals surface area contributed by atoms with E-state index in [1.54, 1.807) is 0 Å². The molecule has 2 saturated heterocycles. The van der Waals surface area contributed by atoms with Crippen molar-refractivity contribution in [3.63, 3.8) is 0 Å². The summed E-state index contributed by atoms with van der Waals surface area (Å²) in [6.45, 7) is 5.48. The van der Waals surface area contributed by atoms with Gasteiger partial charge in [-0.3, -0.25) is 14.5 Å². The van der Waals surface area contributed by atoms with E-state index in [4.69, 9.17) is 4.74 Å². The number of amides is 1. The van der Waals surface area contributed by atoms with E-state index in [1.807, 2.05) is 4.90 Å². The quantitative estimate of drug-likeness (QED) is 0.630. The van der Waals surface area contributed by atoms with Gasteiger partial charge in [-0.1, -0.05) is 6.92 Å². The molecule has 2 N–H and O–H groups in total. The predicted molar refractivity (Wildman–Crippen MR) is 66.0 cm³/mol. The molecule has 6 heteroatoms. The van der Waals surface area contributed by atoms with E-state index in [-0.39, 0.29) is 29.9 Å². The molecule has 0 aromatic carbocycles. The molecule has 0 aromatic rings. The Morgan fingerprint density at radius 1 is 1.61 bits per heavy atom. The Morgan fingerprint density at radius 3 is 3.00 bits per heavy atom. The van der Waals surface area contributed by atoms with Crippen molar-refractivity contribution in [1.29, 1.82) is 0 Å². The number of nitrogens with zero attached hydrogens (tertiary/aromatic N) is 1. The van der Waals surface area contributed by atoms with Crippen LogP contribution in [-0.4, -0.2) is 62.7 Å². The average molecular weight is 255 g/mol. The van der Waals surface area contributed by atoms with Gasteiger partial charge in [0.25, 0.3) is 0 Å². The Kier molecular flexibility index (Phi) is 3.87. The van der Waals surface area contributed by atoms with Gasteiger partial charge < -0.3 is 15.4 Å². The van der Waals surface area contributed by atoms with Crippen LogP contribution in [0.15, 0.2) is 0 Å². The first kappa shape index (κ1) is 13.3. The number of hydrogen-bond donors (Lipinski definition) is 2. The summed E-state index contributed by atoms with van der Waals surface area (Å²) in [5, 5.41) is 6.05. The fraction of sp³-hybridized carbons (Fsp3) is 0.833. The van der Waals surface area contributed by atoms with E-state index < -0.39 is 0 Å². The molecular weight excluding hydrogens is 234 g/mol. The summed E-state index contributed by atoms with van der Waals surface area (Å²) in [6.07, 6.45) is 1.07. The van der Waals surface area contributed by atoms with Gasteiger partial charge in [-0.25, -0.2) is 0 Å². The summed E-state index contributed by atoms with van der Waals surface area (Å²) in [4.78, 5) is 25.2. The van der Waals surface area contributed by atoms with Crippen LogP contribution >= 0.6 is 0 Å². The normalized spacial score (nSPS) is 33.2. The Labute approximate surface area is 107 Å². The highest BCUT2D eigenvalue weighted by molar-refractivity contribution is 5.83. The first-order chi connectivity index (χ1) is 8.54. The molecule has 2 aliphatic rings. The number of piperazine rings is 1. The number of esters is 1. The second-order valence-electron chi connectivity index (χ2n) is 5.49. The molecule has 0 radical (unpaired) electrons. The van der Waals surface area contributed by atoms with Crippen molar-refractivity contribution >= 4 is 11.9 Å². The maximum absolute atomic E-state index is 11.7. The molecule has 0 aromatic heterocycles. The molecule has 0 saturated carbocycles. The van der Waals surface area contributed by atoms with Crippen molar-refractivity contribution in [2.75, 3.05) is 39.8 Å². The molecule has 18 heavy (non-hydrogen) atoms. The van der Waals surface area contributed by atoms with E-state index in [0.717, 1.165) is 26.1 Å². The molecule has 0 aliphatic carbocycles. The number of hydrogen-bond acceptors (Lipinski definition) is 5. The van der Waals surface area contributed by atoms with Crippen LogP contribution in [0.25, 0.3) is 0 Å². The number of carbonyl (C=O) groups is 2. The summed E-state index contributed by atoms with van der Waals surface area (Å²) < 4.78 is 4.81. The van der Waals surface area contributed by atoms with Gasteiger partial charge in [-0.05, 0) is 18.4 Å². The van der Waals surface area contributed by atoms with Crippen LogP contribution in [0, 0.1) is 5.41 Å². The van der Waals surface area contributed by atoms with Gasteiger partial charge >= 0.3 is 5.97 Å². The van der Waals surface area contributed by atoms with Crippen LogP contribution in [0.2, 0.25) is 0 Å². The molecule has 2 aliphatic heterocycles. The largest absolute Gasteiger partial charge is 0.468 e. The predicted octanol–water partition coefficient (Wildman–Crippen LogP) is -1.04. The minimum atomic E-state index is -0.356. The Morgan fingerprint density at radius 2 is 2.39 bits per heavy atom. The summed E-state index contributed by atoms with van der Waals surface area (Å²) in [7, 11) is 1.38. The van der Waals surface area contributed by atoms with Gasteiger partial charge in [0.15, 0.2) is 0 Å². The van der Waals surface area contributed by atoms with Crippen LogP contribution in [0.5, 0.6) is 0 Å². The van der Waals surface area contributed by atoms with Crippen molar-refractivity contribution in [2.45, 2.75) is 19.4 Å². The first-order valence-electron chi connectivity index (χ1n) is 6.33. The fourth-order valence-electron chi connectivity index (χ4n) is 2.72. The molecule has 6 nitrogen and oxygen atoms in total. The molecule has 102 valence electrons. The van der Waals surface area contributed by atoms with Gasteiger partial charge in [-0.2, -0.15) is 0 Å². The zero-order valence-corrected chi connectivity index (χ0v) is 11.0. The zero-order valence-electron chi connectivity index (χ0n) is 11.0. The molecule has 1 amide bonds. The van der Waals surface area contributed by atoms with E-state index in [1.165, 1.54) is 7.11 Å². The van der Waals surface area contributed by atoms with Crippen LogP contribution in [0.1, 0.15) is 13.3 Å². The number of carbonyl (C=O) groups excluding carboxylic acids is 2. The van der Waals surface area contributed by atoms with Crippen LogP contribution in [-0.2, 0) is 14.3 Å². The average Bonchev–Trinajstić information content (AvgIpc) is 2.75. The third-order valence-electron chi connectivity index (χ3n) is 3.80. The standard InChI is InChI=1S/C12H21N3O3/c1-12(3-4-13-7-12)8-15-6-10(16)14-5-9(15)11(17)18-2/h9,13H,3-8H2,1-2H3,(H,14,16).